The van der Waals surface area contributed by atoms with Crippen LogP contribution in [0.25, 0.3) is 0 Å². The van der Waals surface area contributed by atoms with Crippen molar-refractivity contribution in [2.45, 2.75) is 25.1 Å². The van der Waals surface area contributed by atoms with E-state index >= 15 is 0 Å². The Morgan fingerprint density at radius 2 is 2.10 bits per heavy atom. The second kappa shape index (κ2) is 6.23. The molecule has 2 heterocycles. The molecule has 0 radical (unpaired) electrons. The fourth-order valence-corrected chi connectivity index (χ4v) is 2.03. The number of alkyl halides is 3. The second-order valence-corrected chi connectivity index (χ2v) is 4.67. The van der Waals surface area contributed by atoms with E-state index in [4.69, 9.17) is 5.84 Å². The number of hydrogen-bond acceptors (Lipinski definition) is 4. The summed E-state index contributed by atoms with van der Waals surface area (Å²) < 4.78 is 39.2. The quantitative estimate of drug-likeness (QED) is 0.654. The summed E-state index contributed by atoms with van der Waals surface area (Å²) in [6, 6.07) is 3.92. The van der Waals surface area contributed by atoms with Gasteiger partial charge in [0.1, 0.15) is 0 Å². The fraction of sp³-hybridized carbons (Fsp3) is 0.385. The normalized spacial score (nSPS) is 13.4. The molecule has 8 heteroatoms. The lowest BCUT2D eigenvalue weighted by molar-refractivity contribution is -0.137. The van der Waals surface area contributed by atoms with Crippen LogP contribution in [0.5, 0.6) is 0 Å². The summed E-state index contributed by atoms with van der Waals surface area (Å²) in [5.41, 5.74) is 3.31. The Bertz CT molecular complexity index is 576. The van der Waals surface area contributed by atoms with Crippen LogP contribution in [0, 0.1) is 0 Å². The van der Waals surface area contributed by atoms with Gasteiger partial charge < -0.3 is 0 Å². The number of rotatable bonds is 5. The van der Waals surface area contributed by atoms with Crippen molar-refractivity contribution in [2.75, 3.05) is 0 Å². The Kier molecular flexibility index (Phi) is 4.59. The van der Waals surface area contributed by atoms with Gasteiger partial charge >= 0.3 is 6.18 Å². The van der Waals surface area contributed by atoms with E-state index in [2.05, 4.69) is 15.5 Å². The molecule has 21 heavy (non-hydrogen) atoms. The highest BCUT2D eigenvalue weighted by Gasteiger charge is 2.30. The standard InChI is InChI=1S/C13H16F3N5/c1-21-10(6-7-19-21)3-5-12(20-17)11-4-2-9(8-18-11)13(14,15)16/h2,4,6-8,12,20H,3,5,17H2,1H3. The van der Waals surface area contributed by atoms with Crippen LogP contribution in [0.15, 0.2) is 30.6 Å². The van der Waals surface area contributed by atoms with Gasteiger partial charge in [-0.3, -0.25) is 20.9 Å². The monoisotopic (exact) mass is 299 g/mol. The minimum Gasteiger partial charge on any atom is -0.273 e. The first kappa shape index (κ1) is 15.5. The van der Waals surface area contributed by atoms with Crippen molar-refractivity contribution in [2.24, 2.45) is 12.9 Å². The fourth-order valence-electron chi connectivity index (χ4n) is 2.03. The predicted molar refractivity (Wildman–Crippen MR) is 70.8 cm³/mol. The van der Waals surface area contributed by atoms with Crippen molar-refractivity contribution in [3.63, 3.8) is 0 Å². The van der Waals surface area contributed by atoms with Crippen molar-refractivity contribution >= 4 is 0 Å². The molecule has 3 N–H and O–H groups in total. The zero-order chi connectivity index (χ0) is 15.5. The van der Waals surface area contributed by atoms with E-state index in [0.29, 0.717) is 18.5 Å². The van der Waals surface area contributed by atoms with Gasteiger partial charge in [-0.25, -0.2) is 0 Å². The minimum atomic E-state index is -4.38. The molecule has 2 aromatic heterocycles. The second-order valence-electron chi connectivity index (χ2n) is 4.67. The highest BCUT2D eigenvalue weighted by atomic mass is 19.4. The number of halogens is 3. The maximum Gasteiger partial charge on any atom is 0.417 e. The lowest BCUT2D eigenvalue weighted by Gasteiger charge is -2.16. The summed E-state index contributed by atoms with van der Waals surface area (Å²) in [6.45, 7) is 0. The highest BCUT2D eigenvalue weighted by Crippen LogP contribution is 2.29. The topological polar surface area (TPSA) is 68.8 Å². The third-order valence-corrected chi connectivity index (χ3v) is 3.28. The van der Waals surface area contributed by atoms with E-state index in [1.54, 1.807) is 10.9 Å². The largest absolute Gasteiger partial charge is 0.417 e. The summed E-state index contributed by atoms with van der Waals surface area (Å²) in [7, 11) is 1.83. The summed E-state index contributed by atoms with van der Waals surface area (Å²) in [6.07, 6.45) is -0.575. The molecular weight excluding hydrogens is 283 g/mol. The van der Waals surface area contributed by atoms with Crippen LogP contribution in [0.4, 0.5) is 13.2 Å². The van der Waals surface area contributed by atoms with Gasteiger partial charge in [0.05, 0.1) is 17.3 Å². The van der Waals surface area contributed by atoms with E-state index < -0.39 is 11.7 Å². The van der Waals surface area contributed by atoms with Gasteiger partial charge in [-0.2, -0.15) is 18.3 Å². The SMILES string of the molecule is Cn1nccc1CCC(NN)c1ccc(C(F)(F)F)cn1. The molecular formula is C13H16F3N5. The molecule has 1 atom stereocenters. The van der Waals surface area contributed by atoms with Crippen LogP contribution < -0.4 is 11.3 Å². The molecule has 0 bridgehead atoms. The van der Waals surface area contributed by atoms with Gasteiger partial charge in [-0.1, -0.05) is 0 Å². The third kappa shape index (κ3) is 3.79. The molecule has 0 amide bonds. The van der Waals surface area contributed by atoms with Crippen LogP contribution >= 0.6 is 0 Å². The number of hydrogen-bond donors (Lipinski definition) is 2. The number of nitrogens with zero attached hydrogens (tertiary/aromatic N) is 3. The summed E-state index contributed by atoms with van der Waals surface area (Å²) >= 11 is 0. The van der Waals surface area contributed by atoms with E-state index in [9.17, 15) is 13.2 Å². The molecule has 0 fully saturated rings. The maximum atomic E-state index is 12.5. The van der Waals surface area contributed by atoms with Crippen molar-refractivity contribution in [3.05, 3.63) is 47.5 Å². The summed E-state index contributed by atoms with van der Waals surface area (Å²) in [4.78, 5) is 3.85. The lowest BCUT2D eigenvalue weighted by atomic mass is 10.1. The average molecular weight is 299 g/mol. The first-order chi connectivity index (χ1) is 9.91. The van der Waals surface area contributed by atoms with Gasteiger partial charge in [-0.05, 0) is 31.0 Å². The third-order valence-electron chi connectivity index (χ3n) is 3.28. The number of nitrogens with two attached hydrogens (primary N) is 1. The number of aromatic nitrogens is 3. The molecule has 0 aromatic carbocycles. The average Bonchev–Trinajstić information content (AvgIpc) is 2.85. The molecule has 0 aliphatic carbocycles. The molecule has 2 aromatic rings. The van der Waals surface area contributed by atoms with Gasteiger partial charge in [0.15, 0.2) is 0 Å². The Labute approximate surface area is 119 Å². The highest BCUT2D eigenvalue weighted by molar-refractivity contribution is 5.19. The predicted octanol–water partition coefficient (Wildman–Crippen LogP) is 1.97. The zero-order valence-electron chi connectivity index (χ0n) is 11.4. The van der Waals surface area contributed by atoms with Crippen LogP contribution in [0.2, 0.25) is 0 Å². The summed E-state index contributed by atoms with van der Waals surface area (Å²) in [5, 5.41) is 4.06. The molecule has 0 spiro atoms. The number of aryl methyl sites for hydroxylation is 2. The molecule has 0 saturated carbocycles. The summed E-state index contributed by atoms with van der Waals surface area (Å²) in [5.74, 6) is 5.47. The van der Waals surface area contributed by atoms with Crippen molar-refractivity contribution in [1.82, 2.24) is 20.2 Å². The Balaban J connectivity index is 2.05. The Morgan fingerprint density at radius 1 is 1.33 bits per heavy atom. The molecule has 5 nitrogen and oxygen atoms in total. The number of nitrogens with one attached hydrogen (secondary N) is 1. The van der Waals surface area contributed by atoms with Crippen molar-refractivity contribution < 1.29 is 13.2 Å². The molecule has 1 unspecified atom stereocenters. The first-order valence-electron chi connectivity index (χ1n) is 6.38. The van der Waals surface area contributed by atoms with Crippen LogP contribution in [-0.2, 0) is 19.6 Å². The molecule has 0 aliphatic rings. The van der Waals surface area contributed by atoms with Gasteiger partial charge in [0.25, 0.3) is 0 Å². The van der Waals surface area contributed by atoms with Gasteiger partial charge in [0, 0.05) is 25.1 Å². The van der Waals surface area contributed by atoms with Gasteiger partial charge in [0.2, 0.25) is 0 Å². The first-order valence-corrected chi connectivity index (χ1v) is 6.38. The van der Waals surface area contributed by atoms with E-state index in [1.807, 2.05) is 13.1 Å². The smallest absolute Gasteiger partial charge is 0.273 e. The van der Waals surface area contributed by atoms with E-state index in [1.165, 1.54) is 6.07 Å². The minimum absolute atomic E-state index is 0.317. The van der Waals surface area contributed by atoms with Crippen LogP contribution in [-0.4, -0.2) is 14.8 Å². The number of pyridine rings is 1. The Hall–Kier alpha value is -1.93. The number of hydrazine groups is 1. The molecule has 114 valence electrons. The van der Waals surface area contributed by atoms with E-state index in [0.717, 1.165) is 18.0 Å². The van der Waals surface area contributed by atoms with Crippen molar-refractivity contribution in [3.8, 4) is 0 Å². The van der Waals surface area contributed by atoms with Gasteiger partial charge in [-0.15, -0.1) is 0 Å². The van der Waals surface area contributed by atoms with Crippen LogP contribution in [0.1, 0.15) is 29.4 Å². The van der Waals surface area contributed by atoms with Crippen molar-refractivity contribution in [1.29, 1.82) is 0 Å². The maximum absolute atomic E-state index is 12.5. The molecule has 2 rings (SSSR count). The Morgan fingerprint density at radius 3 is 2.57 bits per heavy atom. The molecule has 0 aliphatic heterocycles. The van der Waals surface area contributed by atoms with Crippen LogP contribution in [0.3, 0.4) is 0 Å². The zero-order valence-corrected chi connectivity index (χ0v) is 11.4. The lowest BCUT2D eigenvalue weighted by Crippen LogP contribution is -2.29. The molecule has 0 saturated heterocycles. The van der Waals surface area contributed by atoms with E-state index in [-0.39, 0.29) is 6.04 Å².